The molecule has 0 spiro atoms. The Hall–Kier alpha value is -3.59. The molecule has 32 heavy (non-hydrogen) atoms. The van der Waals surface area contributed by atoms with Gasteiger partial charge in [0.1, 0.15) is 18.1 Å². The summed E-state index contributed by atoms with van der Waals surface area (Å²) in [6.07, 6.45) is 1.22. The highest BCUT2D eigenvalue weighted by molar-refractivity contribution is 7.13. The Kier molecular flexibility index (Phi) is 7.67. The largest absolute Gasteiger partial charge is 0.461 e. The molecule has 0 radical (unpaired) electrons. The SMILES string of the molecule is CCOC(=O)c1cnnn1[C@@H]1NC(=O)[C@H]1NC(=O)C=NOCc1csc(NC(=O)CCl)n1. The molecule has 2 atom stereocenters. The number of nitrogens with one attached hydrogen (secondary N) is 3. The maximum atomic E-state index is 12.1. The molecule has 0 bridgehead atoms. The molecule has 0 aromatic carbocycles. The van der Waals surface area contributed by atoms with Crippen LogP contribution in [0.3, 0.4) is 0 Å². The number of alkyl halides is 1. The fourth-order valence-electron chi connectivity index (χ4n) is 2.48. The Labute approximate surface area is 189 Å². The summed E-state index contributed by atoms with van der Waals surface area (Å²) in [6.45, 7) is 1.75. The number of thiazole rings is 1. The van der Waals surface area contributed by atoms with Crippen LogP contribution in [-0.2, 0) is 30.6 Å². The normalized spacial score (nSPS) is 17.4. The minimum atomic E-state index is -1.00. The van der Waals surface area contributed by atoms with Gasteiger partial charge in [0.15, 0.2) is 23.6 Å². The van der Waals surface area contributed by atoms with E-state index >= 15 is 0 Å². The standard InChI is InChI=1S/C16H17ClN8O6S/c1-2-30-15(29)9-4-18-24-25(9)13-12(14(28)23-13)21-11(27)5-19-31-6-8-7-32-16(20-8)22-10(26)3-17/h4-5,7,12-13H,2-3,6H2,1H3,(H,21,27)(H,23,28)(H,20,22,26)/t12-,13-/m0/s1. The molecule has 14 nitrogen and oxygen atoms in total. The Balaban J connectivity index is 1.50. The summed E-state index contributed by atoms with van der Waals surface area (Å²) in [5.41, 5.74) is 0.506. The van der Waals surface area contributed by atoms with Crippen LogP contribution in [0.1, 0.15) is 29.3 Å². The molecule has 1 fully saturated rings. The highest BCUT2D eigenvalue weighted by Crippen LogP contribution is 2.19. The van der Waals surface area contributed by atoms with Crippen molar-refractivity contribution in [1.82, 2.24) is 30.6 Å². The van der Waals surface area contributed by atoms with E-state index in [1.807, 2.05) is 0 Å². The van der Waals surface area contributed by atoms with Crippen LogP contribution in [0.15, 0.2) is 16.7 Å². The van der Waals surface area contributed by atoms with Crippen molar-refractivity contribution in [2.75, 3.05) is 17.8 Å². The lowest BCUT2D eigenvalue weighted by atomic mass is 10.1. The van der Waals surface area contributed by atoms with Gasteiger partial charge in [0, 0.05) is 5.38 Å². The van der Waals surface area contributed by atoms with E-state index in [9.17, 15) is 19.2 Å². The molecule has 3 heterocycles. The van der Waals surface area contributed by atoms with Crippen LogP contribution in [0.25, 0.3) is 0 Å². The molecule has 3 rings (SSSR count). The third kappa shape index (κ3) is 5.55. The van der Waals surface area contributed by atoms with Gasteiger partial charge in [-0.25, -0.2) is 14.5 Å². The maximum Gasteiger partial charge on any atom is 0.358 e. The number of halogens is 1. The number of nitrogens with zero attached hydrogens (tertiary/aromatic N) is 5. The molecule has 1 saturated heterocycles. The lowest BCUT2D eigenvalue weighted by molar-refractivity contribution is -0.137. The Bertz CT molecular complexity index is 1040. The van der Waals surface area contributed by atoms with Gasteiger partial charge in [-0.1, -0.05) is 10.4 Å². The number of hydrogen-bond acceptors (Lipinski definition) is 11. The number of anilines is 1. The first kappa shape index (κ1) is 23.1. The number of hydrogen-bond donors (Lipinski definition) is 3. The van der Waals surface area contributed by atoms with Gasteiger partial charge in [0.25, 0.3) is 5.91 Å². The van der Waals surface area contributed by atoms with Gasteiger partial charge in [0.05, 0.1) is 18.5 Å². The average Bonchev–Trinajstić information content (AvgIpc) is 3.43. The third-order valence-corrected chi connectivity index (χ3v) is 4.93. The number of carbonyl (C=O) groups excluding carboxylic acids is 4. The van der Waals surface area contributed by atoms with Gasteiger partial charge in [-0.2, -0.15) is 0 Å². The Morgan fingerprint density at radius 1 is 1.44 bits per heavy atom. The molecule has 0 saturated carbocycles. The molecular formula is C16H17ClN8O6S. The summed E-state index contributed by atoms with van der Waals surface area (Å²) in [4.78, 5) is 56.2. The third-order valence-electron chi connectivity index (χ3n) is 3.89. The van der Waals surface area contributed by atoms with Crippen LogP contribution in [0.2, 0.25) is 0 Å². The second-order valence-electron chi connectivity index (χ2n) is 6.06. The average molecular weight is 485 g/mol. The number of carbonyl (C=O) groups is 4. The van der Waals surface area contributed by atoms with Crippen molar-refractivity contribution in [1.29, 1.82) is 0 Å². The zero-order chi connectivity index (χ0) is 23.1. The molecule has 0 unspecified atom stereocenters. The molecular weight excluding hydrogens is 468 g/mol. The van der Waals surface area contributed by atoms with Crippen molar-refractivity contribution in [2.45, 2.75) is 25.7 Å². The van der Waals surface area contributed by atoms with Gasteiger partial charge in [-0.05, 0) is 6.92 Å². The zero-order valence-electron chi connectivity index (χ0n) is 16.5. The highest BCUT2D eigenvalue weighted by atomic mass is 35.5. The van der Waals surface area contributed by atoms with E-state index in [-0.39, 0.29) is 30.7 Å². The predicted octanol–water partition coefficient (Wildman–Crippen LogP) is -0.596. The van der Waals surface area contributed by atoms with Gasteiger partial charge in [0.2, 0.25) is 11.8 Å². The number of amides is 3. The summed E-state index contributed by atoms with van der Waals surface area (Å²) in [5.74, 6) is -2.42. The van der Waals surface area contributed by atoms with Crippen molar-refractivity contribution >= 4 is 58.0 Å². The molecule has 3 N–H and O–H groups in total. The zero-order valence-corrected chi connectivity index (χ0v) is 18.1. The molecule has 0 aliphatic carbocycles. The Morgan fingerprint density at radius 2 is 2.25 bits per heavy atom. The Morgan fingerprint density at radius 3 is 2.97 bits per heavy atom. The van der Waals surface area contributed by atoms with Gasteiger partial charge in [-0.3, -0.25) is 14.4 Å². The molecule has 170 valence electrons. The number of oxime groups is 1. The van der Waals surface area contributed by atoms with Gasteiger partial charge >= 0.3 is 5.97 Å². The molecule has 2 aromatic rings. The van der Waals surface area contributed by atoms with Crippen LogP contribution in [-0.4, -0.2) is 68.4 Å². The van der Waals surface area contributed by atoms with E-state index in [0.29, 0.717) is 10.8 Å². The first-order valence-corrected chi connectivity index (χ1v) is 10.5. The van der Waals surface area contributed by atoms with E-state index < -0.39 is 30.0 Å². The summed E-state index contributed by atoms with van der Waals surface area (Å²) < 4.78 is 6.06. The minimum absolute atomic E-state index is 0.0259. The molecule has 1 aliphatic heterocycles. The molecule has 2 aromatic heterocycles. The topological polar surface area (TPSA) is 179 Å². The summed E-state index contributed by atoms with van der Waals surface area (Å²) >= 11 is 6.58. The second kappa shape index (κ2) is 10.6. The van der Waals surface area contributed by atoms with Crippen LogP contribution in [0, 0.1) is 0 Å². The van der Waals surface area contributed by atoms with Gasteiger partial charge in [-0.15, -0.1) is 28.0 Å². The predicted molar refractivity (Wildman–Crippen MR) is 110 cm³/mol. The van der Waals surface area contributed by atoms with Crippen molar-refractivity contribution < 1.29 is 28.8 Å². The minimum Gasteiger partial charge on any atom is -0.461 e. The van der Waals surface area contributed by atoms with Crippen LogP contribution in [0.5, 0.6) is 0 Å². The van der Waals surface area contributed by atoms with Crippen LogP contribution < -0.4 is 16.0 Å². The number of β-lactam (4-membered cyclic amide) rings is 1. The number of esters is 1. The highest BCUT2D eigenvalue weighted by Gasteiger charge is 2.44. The van der Waals surface area contributed by atoms with E-state index in [0.717, 1.165) is 10.9 Å². The molecule has 16 heteroatoms. The first-order valence-electron chi connectivity index (χ1n) is 9.06. The molecule has 1 aliphatic rings. The fourth-order valence-corrected chi connectivity index (χ4v) is 3.25. The van der Waals surface area contributed by atoms with Crippen LogP contribution in [0.4, 0.5) is 5.13 Å². The van der Waals surface area contributed by atoms with E-state index in [2.05, 4.69) is 36.4 Å². The number of rotatable bonds is 10. The van der Waals surface area contributed by atoms with E-state index in [1.54, 1.807) is 12.3 Å². The van der Waals surface area contributed by atoms with Gasteiger partial charge < -0.3 is 25.5 Å². The smallest absolute Gasteiger partial charge is 0.358 e. The van der Waals surface area contributed by atoms with E-state index in [1.165, 1.54) is 17.5 Å². The quantitative estimate of drug-likeness (QED) is 0.130. The van der Waals surface area contributed by atoms with Crippen molar-refractivity contribution in [2.24, 2.45) is 5.16 Å². The lowest BCUT2D eigenvalue weighted by Gasteiger charge is -2.36. The van der Waals surface area contributed by atoms with Crippen molar-refractivity contribution in [3.8, 4) is 0 Å². The van der Waals surface area contributed by atoms with Crippen LogP contribution >= 0.6 is 22.9 Å². The first-order chi connectivity index (χ1) is 15.4. The van der Waals surface area contributed by atoms with Crippen molar-refractivity contribution in [3.63, 3.8) is 0 Å². The second-order valence-corrected chi connectivity index (χ2v) is 7.18. The summed E-state index contributed by atoms with van der Waals surface area (Å²) in [7, 11) is 0. The maximum absolute atomic E-state index is 12.1. The summed E-state index contributed by atoms with van der Waals surface area (Å²) in [5, 5.41) is 20.4. The fraction of sp³-hybridized carbons (Fsp3) is 0.375. The summed E-state index contributed by atoms with van der Waals surface area (Å²) in [6, 6.07) is -1.00. The van der Waals surface area contributed by atoms with Crippen molar-refractivity contribution in [3.05, 3.63) is 23.0 Å². The van der Waals surface area contributed by atoms with E-state index in [4.69, 9.17) is 21.2 Å². The monoisotopic (exact) mass is 484 g/mol. The number of ether oxygens (including phenoxy) is 1. The number of aromatic nitrogens is 4. The molecule has 3 amide bonds. The lowest BCUT2D eigenvalue weighted by Crippen LogP contribution is -2.66.